The molecule has 0 bridgehead atoms. The lowest BCUT2D eigenvalue weighted by atomic mass is 10.2. The topological polar surface area (TPSA) is 61.8 Å². The van der Waals surface area contributed by atoms with Gasteiger partial charge in [0, 0.05) is 12.2 Å². The third kappa shape index (κ3) is 3.74. The number of nitrogens with zero attached hydrogens (tertiary/aromatic N) is 2. The summed E-state index contributed by atoms with van der Waals surface area (Å²) in [6.07, 6.45) is 0. The first-order valence-corrected chi connectivity index (χ1v) is 6.10. The molecule has 0 unspecified atom stereocenters. The van der Waals surface area contributed by atoms with E-state index in [1.165, 1.54) is 5.56 Å². The standard InChI is InChI=1S/C15H17N3O/c16-15(17-19)12-18(14-9-5-2-6-10-14)11-13-7-3-1-4-8-13/h1-10,19H,11-12H2,(H2,16,17). The number of hydrogen-bond acceptors (Lipinski definition) is 3. The molecule has 0 heterocycles. The van der Waals surface area contributed by atoms with Gasteiger partial charge in [0.05, 0.1) is 6.54 Å². The molecule has 2 aromatic rings. The van der Waals surface area contributed by atoms with E-state index < -0.39 is 0 Å². The van der Waals surface area contributed by atoms with Crippen LogP contribution in [0, 0.1) is 0 Å². The average Bonchev–Trinajstić information content (AvgIpc) is 2.48. The van der Waals surface area contributed by atoms with Crippen LogP contribution >= 0.6 is 0 Å². The Morgan fingerprint density at radius 1 is 1.00 bits per heavy atom. The number of amidine groups is 1. The minimum atomic E-state index is 0.194. The zero-order chi connectivity index (χ0) is 13.5. The van der Waals surface area contributed by atoms with E-state index in [0.717, 1.165) is 5.69 Å². The van der Waals surface area contributed by atoms with Crippen LogP contribution in [-0.2, 0) is 6.54 Å². The molecule has 2 rings (SSSR count). The first kappa shape index (κ1) is 13.0. The molecule has 3 N–H and O–H groups in total. The lowest BCUT2D eigenvalue weighted by molar-refractivity contribution is 0.317. The van der Waals surface area contributed by atoms with Gasteiger partial charge in [-0.2, -0.15) is 0 Å². The fourth-order valence-electron chi connectivity index (χ4n) is 1.91. The molecule has 0 saturated heterocycles. The van der Waals surface area contributed by atoms with Gasteiger partial charge < -0.3 is 15.8 Å². The Morgan fingerprint density at radius 2 is 1.58 bits per heavy atom. The Kier molecular flexibility index (Phi) is 4.39. The van der Waals surface area contributed by atoms with Crippen molar-refractivity contribution >= 4 is 11.5 Å². The van der Waals surface area contributed by atoms with Gasteiger partial charge in [0.2, 0.25) is 0 Å². The number of hydrogen-bond donors (Lipinski definition) is 2. The van der Waals surface area contributed by atoms with Gasteiger partial charge in [-0.1, -0.05) is 53.7 Å². The van der Waals surface area contributed by atoms with Gasteiger partial charge in [-0.15, -0.1) is 0 Å². The second-order valence-corrected chi connectivity index (χ2v) is 4.27. The highest BCUT2D eigenvalue weighted by Gasteiger charge is 2.09. The van der Waals surface area contributed by atoms with Crippen molar-refractivity contribution in [3.8, 4) is 0 Å². The smallest absolute Gasteiger partial charge is 0.158 e. The molecule has 0 amide bonds. The van der Waals surface area contributed by atoms with E-state index in [-0.39, 0.29) is 5.84 Å². The molecule has 0 atom stereocenters. The Balaban J connectivity index is 2.20. The predicted octanol–water partition coefficient (Wildman–Crippen LogP) is 2.44. The number of anilines is 1. The molecule has 0 aliphatic rings. The highest BCUT2D eigenvalue weighted by molar-refractivity contribution is 5.84. The molecule has 0 aliphatic heterocycles. The Morgan fingerprint density at radius 3 is 2.16 bits per heavy atom. The SMILES string of the molecule is N/C(CN(Cc1ccccc1)c1ccccc1)=N\O. The molecule has 0 aromatic heterocycles. The van der Waals surface area contributed by atoms with Crippen LogP contribution in [0.5, 0.6) is 0 Å². The van der Waals surface area contributed by atoms with E-state index >= 15 is 0 Å². The molecule has 19 heavy (non-hydrogen) atoms. The first-order valence-electron chi connectivity index (χ1n) is 6.10. The van der Waals surface area contributed by atoms with E-state index in [9.17, 15) is 0 Å². The maximum Gasteiger partial charge on any atom is 0.158 e. The van der Waals surface area contributed by atoms with Crippen LogP contribution in [0.1, 0.15) is 5.56 Å². The van der Waals surface area contributed by atoms with Gasteiger partial charge in [0.1, 0.15) is 0 Å². The fraction of sp³-hybridized carbons (Fsp3) is 0.133. The monoisotopic (exact) mass is 255 g/mol. The summed E-state index contributed by atoms with van der Waals surface area (Å²) < 4.78 is 0. The van der Waals surface area contributed by atoms with E-state index in [4.69, 9.17) is 10.9 Å². The summed E-state index contributed by atoms with van der Waals surface area (Å²) in [5.74, 6) is 0.194. The van der Waals surface area contributed by atoms with Gasteiger partial charge in [-0.05, 0) is 17.7 Å². The molecular weight excluding hydrogens is 238 g/mol. The van der Waals surface area contributed by atoms with Gasteiger partial charge in [0.25, 0.3) is 0 Å². The Bertz CT molecular complexity index is 526. The molecule has 0 fully saturated rings. The van der Waals surface area contributed by atoms with E-state index in [2.05, 4.69) is 22.2 Å². The number of benzene rings is 2. The lowest BCUT2D eigenvalue weighted by Crippen LogP contribution is -2.33. The van der Waals surface area contributed by atoms with Crippen LogP contribution in [0.3, 0.4) is 0 Å². The van der Waals surface area contributed by atoms with Crippen molar-refractivity contribution in [1.29, 1.82) is 0 Å². The molecule has 98 valence electrons. The third-order valence-corrected chi connectivity index (χ3v) is 2.82. The largest absolute Gasteiger partial charge is 0.409 e. The van der Waals surface area contributed by atoms with Crippen molar-refractivity contribution in [2.24, 2.45) is 10.9 Å². The summed E-state index contributed by atoms with van der Waals surface area (Å²) in [6, 6.07) is 20.0. The number of para-hydroxylation sites is 1. The summed E-state index contributed by atoms with van der Waals surface area (Å²) in [6.45, 7) is 1.09. The summed E-state index contributed by atoms with van der Waals surface area (Å²) in [4.78, 5) is 2.06. The summed E-state index contributed by atoms with van der Waals surface area (Å²) >= 11 is 0. The molecule has 0 saturated carbocycles. The van der Waals surface area contributed by atoms with Crippen LogP contribution in [0.2, 0.25) is 0 Å². The molecule has 4 nitrogen and oxygen atoms in total. The van der Waals surface area contributed by atoms with Crippen LogP contribution in [0.15, 0.2) is 65.8 Å². The van der Waals surface area contributed by atoms with Gasteiger partial charge >= 0.3 is 0 Å². The predicted molar refractivity (Wildman–Crippen MR) is 77.3 cm³/mol. The summed E-state index contributed by atoms with van der Waals surface area (Å²) in [5.41, 5.74) is 7.84. The van der Waals surface area contributed by atoms with Gasteiger partial charge in [-0.25, -0.2) is 0 Å². The Hall–Kier alpha value is -2.49. The molecule has 2 aromatic carbocycles. The molecule has 0 spiro atoms. The average molecular weight is 255 g/mol. The molecule has 0 aliphatic carbocycles. The maximum absolute atomic E-state index is 8.73. The highest BCUT2D eigenvalue weighted by Crippen LogP contribution is 2.16. The van der Waals surface area contributed by atoms with E-state index in [0.29, 0.717) is 13.1 Å². The van der Waals surface area contributed by atoms with Gasteiger partial charge in [0.15, 0.2) is 5.84 Å². The lowest BCUT2D eigenvalue weighted by Gasteiger charge is -2.24. The van der Waals surface area contributed by atoms with Crippen LogP contribution in [0.4, 0.5) is 5.69 Å². The van der Waals surface area contributed by atoms with Crippen molar-refractivity contribution < 1.29 is 5.21 Å². The third-order valence-electron chi connectivity index (χ3n) is 2.82. The van der Waals surface area contributed by atoms with Crippen LogP contribution in [0.25, 0.3) is 0 Å². The second kappa shape index (κ2) is 6.44. The normalized spacial score (nSPS) is 11.3. The second-order valence-electron chi connectivity index (χ2n) is 4.27. The summed E-state index contributed by atoms with van der Waals surface area (Å²) in [5, 5.41) is 11.8. The van der Waals surface area contributed by atoms with Crippen molar-refractivity contribution in [2.45, 2.75) is 6.54 Å². The number of rotatable bonds is 5. The van der Waals surface area contributed by atoms with E-state index in [1.807, 2.05) is 48.5 Å². The van der Waals surface area contributed by atoms with Crippen molar-refractivity contribution in [1.82, 2.24) is 0 Å². The van der Waals surface area contributed by atoms with Crippen LogP contribution < -0.4 is 10.6 Å². The first-order chi connectivity index (χ1) is 9.29. The van der Waals surface area contributed by atoms with Crippen LogP contribution in [-0.4, -0.2) is 17.6 Å². The zero-order valence-electron chi connectivity index (χ0n) is 10.6. The number of nitrogens with two attached hydrogens (primary N) is 1. The van der Waals surface area contributed by atoms with E-state index in [1.54, 1.807) is 0 Å². The fourth-order valence-corrected chi connectivity index (χ4v) is 1.91. The highest BCUT2D eigenvalue weighted by atomic mass is 16.4. The van der Waals surface area contributed by atoms with Crippen molar-refractivity contribution in [3.05, 3.63) is 66.2 Å². The quantitative estimate of drug-likeness (QED) is 0.373. The van der Waals surface area contributed by atoms with Gasteiger partial charge in [-0.3, -0.25) is 0 Å². The van der Waals surface area contributed by atoms with Crippen molar-refractivity contribution in [2.75, 3.05) is 11.4 Å². The molecule has 0 radical (unpaired) electrons. The minimum absolute atomic E-state index is 0.194. The molecule has 4 heteroatoms. The number of oxime groups is 1. The Labute approximate surface area is 112 Å². The summed E-state index contributed by atoms with van der Waals surface area (Å²) in [7, 11) is 0. The molecular formula is C15H17N3O. The zero-order valence-corrected chi connectivity index (χ0v) is 10.6. The maximum atomic E-state index is 8.73. The van der Waals surface area contributed by atoms with Crippen molar-refractivity contribution in [3.63, 3.8) is 0 Å². The minimum Gasteiger partial charge on any atom is -0.409 e.